The number of pyridine rings is 1. The molecule has 0 aliphatic heterocycles. The van der Waals surface area contributed by atoms with Crippen molar-refractivity contribution < 1.29 is 13.2 Å². The van der Waals surface area contributed by atoms with E-state index in [9.17, 15) is 13.2 Å². The molecular weight excluding hydrogens is 347 g/mol. The van der Waals surface area contributed by atoms with E-state index < -0.39 is 11.9 Å². The highest BCUT2D eigenvalue weighted by atomic mass is 79.9. The first-order chi connectivity index (χ1) is 9.82. The van der Waals surface area contributed by atoms with Crippen molar-refractivity contribution >= 4 is 27.4 Å². The van der Waals surface area contributed by atoms with Crippen LogP contribution in [0.2, 0.25) is 0 Å². The zero-order valence-corrected chi connectivity index (χ0v) is 12.4. The number of benzene rings is 1. The zero-order chi connectivity index (χ0) is 15.6. The number of nitrogens with zero attached hydrogens (tertiary/aromatic N) is 2. The number of halogens is 4. The summed E-state index contributed by atoms with van der Waals surface area (Å²) in [5, 5.41) is 11.8. The van der Waals surface area contributed by atoms with E-state index in [0.717, 1.165) is 17.7 Å². The molecule has 0 bridgehead atoms. The Bertz CT molecular complexity index is 720. The van der Waals surface area contributed by atoms with Gasteiger partial charge in [0.1, 0.15) is 17.6 Å². The van der Waals surface area contributed by atoms with Gasteiger partial charge in [-0.2, -0.15) is 18.4 Å². The molecule has 1 N–H and O–H groups in total. The summed E-state index contributed by atoms with van der Waals surface area (Å²) in [4.78, 5) is 3.50. The van der Waals surface area contributed by atoms with Crippen LogP contribution < -0.4 is 5.32 Å². The molecule has 1 aromatic heterocycles. The molecule has 0 unspecified atom stereocenters. The smallest absolute Gasteiger partial charge is 0.338 e. The van der Waals surface area contributed by atoms with Crippen molar-refractivity contribution in [3.8, 4) is 6.07 Å². The van der Waals surface area contributed by atoms with Gasteiger partial charge in [-0.25, -0.2) is 4.98 Å². The van der Waals surface area contributed by atoms with Gasteiger partial charge in [-0.3, -0.25) is 0 Å². The molecule has 0 aliphatic carbocycles. The summed E-state index contributed by atoms with van der Waals surface area (Å²) in [6.45, 7) is 1.85. The van der Waals surface area contributed by atoms with Crippen molar-refractivity contribution in [2.24, 2.45) is 0 Å². The van der Waals surface area contributed by atoms with Crippen LogP contribution in [0.4, 0.5) is 24.7 Å². The summed E-state index contributed by atoms with van der Waals surface area (Å²) in [5.41, 5.74) is 0.438. The number of aromatic nitrogens is 1. The van der Waals surface area contributed by atoms with Gasteiger partial charge in [0.05, 0.1) is 11.3 Å². The number of alkyl halides is 3. The third kappa shape index (κ3) is 3.34. The van der Waals surface area contributed by atoms with Crippen LogP contribution in [-0.4, -0.2) is 4.98 Å². The zero-order valence-electron chi connectivity index (χ0n) is 10.8. The van der Waals surface area contributed by atoms with Crippen LogP contribution in [0.3, 0.4) is 0 Å². The predicted octanol–water partition coefficient (Wildman–Crippen LogP) is 4.79. The molecule has 21 heavy (non-hydrogen) atoms. The summed E-state index contributed by atoms with van der Waals surface area (Å²) in [5.74, 6) is -0.126. The summed E-state index contributed by atoms with van der Waals surface area (Å²) in [6.07, 6.45) is -4.56. The topological polar surface area (TPSA) is 48.7 Å². The van der Waals surface area contributed by atoms with Crippen LogP contribution >= 0.6 is 15.9 Å². The first-order valence-electron chi connectivity index (χ1n) is 5.83. The second-order valence-corrected chi connectivity index (χ2v) is 5.06. The summed E-state index contributed by atoms with van der Waals surface area (Å²) in [7, 11) is 0. The van der Waals surface area contributed by atoms with E-state index in [4.69, 9.17) is 5.26 Å². The Morgan fingerprint density at radius 3 is 2.57 bits per heavy atom. The van der Waals surface area contributed by atoms with Crippen LogP contribution in [0.25, 0.3) is 0 Å². The minimum Gasteiger partial charge on any atom is -0.338 e. The molecule has 0 atom stereocenters. The Kier molecular flexibility index (Phi) is 4.19. The quantitative estimate of drug-likeness (QED) is 0.842. The lowest BCUT2D eigenvalue weighted by molar-refractivity contribution is -0.141. The van der Waals surface area contributed by atoms with Crippen molar-refractivity contribution in [2.75, 3.05) is 5.32 Å². The molecule has 2 aromatic rings. The molecule has 0 aliphatic rings. The molecule has 1 heterocycles. The molecule has 0 saturated heterocycles. The van der Waals surface area contributed by atoms with Gasteiger partial charge in [0, 0.05) is 4.47 Å². The molecule has 2 rings (SSSR count). The second-order valence-electron chi connectivity index (χ2n) is 4.26. The van der Waals surface area contributed by atoms with E-state index in [1.165, 1.54) is 0 Å². The maximum atomic E-state index is 12.7. The van der Waals surface area contributed by atoms with E-state index in [-0.39, 0.29) is 11.4 Å². The highest BCUT2D eigenvalue weighted by Gasteiger charge is 2.33. The van der Waals surface area contributed by atoms with Crippen LogP contribution in [-0.2, 0) is 6.18 Å². The van der Waals surface area contributed by atoms with Gasteiger partial charge in [-0.05, 0) is 46.6 Å². The summed E-state index contributed by atoms with van der Waals surface area (Å²) >= 11 is 3.35. The highest BCUT2D eigenvalue weighted by Crippen LogP contribution is 2.32. The first kappa shape index (κ1) is 15.3. The fourth-order valence-electron chi connectivity index (χ4n) is 1.67. The number of nitrogens with one attached hydrogen (secondary N) is 1. The van der Waals surface area contributed by atoms with Crippen molar-refractivity contribution in [1.82, 2.24) is 4.98 Å². The minimum absolute atomic E-state index is 0.0383. The number of rotatable bonds is 2. The van der Waals surface area contributed by atoms with Gasteiger partial charge < -0.3 is 5.32 Å². The number of anilines is 2. The molecule has 3 nitrogen and oxygen atoms in total. The van der Waals surface area contributed by atoms with Crippen LogP contribution in [0, 0.1) is 18.3 Å². The van der Waals surface area contributed by atoms with Crippen molar-refractivity contribution in [1.29, 1.82) is 5.26 Å². The average Bonchev–Trinajstić information content (AvgIpc) is 2.43. The minimum atomic E-state index is -4.56. The maximum absolute atomic E-state index is 12.7. The Hall–Kier alpha value is -2.07. The fourth-order valence-corrected chi connectivity index (χ4v) is 2.04. The maximum Gasteiger partial charge on any atom is 0.433 e. The highest BCUT2D eigenvalue weighted by molar-refractivity contribution is 9.10. The van der Waals surface area contributed by atoms with Crippen molar-refractivity contribution in [3.05, 3.63) is 51.6 Å². The lowest BCUT2D eigenvalue weighted by atomic mass is 10.2. The summed E-state index contributed by atoms with van der Waals surface area (Å²) < 4.78 is 38.8. The Morgan fingerprint density at radius 1 is 1.24 bits per heavy atom. The number of nitriles is 1. The number of aryl methyl sites for hydroxylation is 1. The van der Waals surface area contributed by atoms with Crippen molar-refractivity contribution in [3.63, 3.8) is 0 Å². The molecule has 0 fully saturated rings. The third-order valence-corrected chi connectivity index (χ3v) is 3.80. The fraction of sp³-hybridized carbons (Fsp3) is 0.143. The van der Waals surface area contributed by atoms with Crippen LogP contribution in [0.5, 0.6) is 0 Å². The largest absolute Gasteiger partial charge is 0.433 e. The number of hydrogen-bond acceptors (Lipinski definition) is 3. The van der Waals surface area contributed by atoms with E-state index in [1.807, 2.05) is 19.1 Å². The van der Waals surface area contributed by atoms with Crippen LogP contribution in [0.1, 0.15) is 16.8 Å². The monoisotopic (exact) mass is 355 g/mol. The Labute approximate surface area is 127 Å². The predicted molar refractivity (Wildman–Crippen MR) is 76.1 cm³/mol. The lowest BCUT2D eigenvalue weighted by Gasteiger charge is -2.13. The molecule has 7 heteroatoms. The first-order valence-corrected chi connectivity index (χ1v) is 6.62. The number of hydrogen-bond donors (Lipinski definition) is 1. The van der Waals surface area contributed by atoms with E-state index in [2.05, 4.69) is 26.2 Å². The second kappa shape index (κ2) is 5.74. The molecule has 108 valence electrons. The normalized spacial score (nSPS) is 11.0. The molecule has 0 radical (unpaired) electrons. The van der Waals surface area contributed by atoms with Gasteiger partial charge in [0.25, 0.3) is 0 Å². The average molecular weight is 356 g/mol. The van der Waals surface area contributed by atoms with Gasteiger partial charge in [-0.15, -0.1) is 0 Å². The Balaban J connectivity index is 2.48. The standard InChI is InChI=1S/C14H9BrF3N3/c1-8-3-2-4-10(12(8)15)20-13-9(7-19)5-6-11(21-13)14(16,17)18/h2-6H,1H3,(H,20,21). The third-order valence-electron chi connectivity index (χ3n) is 2.75. The molecular formula is C14H9BrF3N3. The molecule has 0 saturated carbocycles. The van der Waals surface area contributed by atoms with E-state index in [1.54, 1.807) is 12.1 Å². The van der Waals surface area contributed by atoms with Crippen molar-refractivity contribution in [2.45, 2.75) is 13.1 Å². The SMILES string of the molecule is Cc1cccc(Nc2nc(C(F)(F)F)ccc2C#N)c1Br. The molecule has 0 amide bonds. The Morgan fingerprint density at radius 2 is 1.95 bits per heavy atom. The van der Waals surface area contributed by atoms with E-state index >= 15 is 0 Å². The van der Waals surface area contributed by atoms with Gasteiger partial charge in [0.15, 0.2) is 0 Å². The van der Waals surface area contributed by atoms with Gasteiger partial charge >= 0.3 is 6.18 Å². The van der Waals surface area contributed by atoms with Gasteiger partial charge in [0.2, 0.25) is 0 Å². The molecule has 1 aromatic carbocycles. The van der Waals surface area contributed by atoms with E-state index in [0.29, 0.717) is 10.2 Å². The lowest BCUT2D eigenvalue weighted by Crippen LogP contribution is -2.10. The summed E-state index contributed by atoms with van der Waals surface area (Å²) in [6, 6.07) is 8.99. The van der Waals surface area contributed by atoms with Gasteiger partial charge in [-0.1, -0.05) is 12.1 Å². The molecule has 0 spiro atoms. The van der Waals surface area contributed by atoms with Crippen LogP contribution in [0.15, 0.2) is 34.8 Å².